The molecule has 1 aromatic heterocycles. The van der Waals surface area contributed by atoms with Gasteiger partial charge in [0, 0.05) is 9.13 Å². The molecule has 0 aliphatic rings. The molecule has 0 aliphatic carbocycles. The Balaban J connectivity index is 1.74. The summed E-state index contributed by atoms with van der Waals surface area (Å²) in [6, 6.07) is 25.2. The number of aryl methyl sites for hydroxylation is 2. The molecule has 34 heavy (non-hydrogen) atoms. The van der Waals surface area contributed by atoms with Gasteiger partial charge in [0.15, 0.2) is 5.82 Å². The SMILES string of the molecule is CCc1ccccc1-c1nc(C(O)c2ccccc2)c(NC(=O)Cc2ccc(I)cc2)nc1C. The Morgan fingerprint density at radius 1 is 0.971 bits per heavy atom. The lowest BCUT2D eigenvalue weighted by Crippen LogP contribution is -2.20. The molecule has 0 radical (unpaired) electrons. The average Bonchev–Trinajstić information content (AvgIpc) is 2.86. The van der Waals surface area contributed by atoms with Gasteiger partial charge < -0.3 is 10.4 Å². The quantitative estimate of drug-likeness (QED) is 0.276. The normalized spacial score (nSPS) is 11.8. The largest absolute Gasteiger partial charge is 0.382 e. The number of aliphatic hydroxyl groups is 1. The summed E-state index contributed by atoms with van der Waals surface area (Å²) < 4.78 is 1.11. The standard InChI is InChI=1S/C28H26IN3O2/c1-3-20-9-7-8-12-23(20)25-18(2)30-28(26(32-25)27(34)21-10-5-4-6-11-21)31-24(33)17-19-13-15-22(29)16-14-19/h4-16,27,34H,3,17H2,1-2H3,(H,30,31,33). The van der Waals surface area contributed by atoms with Crippen LogP contribution in [0, 0.1) is 10.5 Å². The van der Waals surface area contributed by atoms with E-state index in [0.29, 0.717) is 22.6 Å². The Bertz CT molecular complexity index is 1290. The first kappa shape index (κ1) is 24.0. The van der Waals surface area contributed by atoms with Crippen molar-refractivity contribution >= 4 is 34.3 Å². The summed E-state index contributed by atoms with van der Waals surface area (Å²) >= 11 is 2.24. The van der Waals surface area contributed by atoms with E-state index in [-0.39, 0.29) is 18.1 Å². The van der Waals surface area contributed by atoms with Crippen molar-refractivity contribution in [1.82, 2.24) is 9.97 Å². The molecule has 0 fully saturated rings. The molecule has 3 aromatic carbocycles. The number of aliphatic hydroxyl groups excluding tert-OH is 1. The highest BCUT2D eigenvalue weighted by molar-refractivity contribution is 14.1. The number of carbonyl (C=O) groups excluding carboxylic acids is 1. The third-order valence-electron chi connectivity index (χ3n) is 5.66. The molecule has 0 saturated heterocycles. The number of nitrogens with zero attached hydrogens (tertiary/aromatic N) is 2. The molecule has 5 nitrogen and oxygen atoms in total. The Labute approximate surface area is 213 Å². The van der Waals surface area contributed by atoms with E-state index in [4.69, 9.17) is 9.97 Å². The van der Waals surface area contributed by atoms with Crippen LogP contribution in [0.15, 0.2) is 78.9 Å². The van der Waals surface area contributed by atoms with Crippen molar-refractivity contribution in [3.05, 3.63) is 111 Å². The smallest absolute Gasteiger partial charge is 0.229 e. The minimum absolute atomic E-state index is 0.207. The van der Waals surface area contributed by atoms with Gasteiger partial charge in [-0.1, -0.05) is 73.7 Å². The second-order valence-corrected chi connectivity index (χ2v) is 9.31. The van der Waals surface area contributed by atoms with Gasteiger partial charge in [0.25, 0.3) is 0 Å². The third kappa shape index (κ3) is 5.51. The number of hydrogen-bond donors (Lipinski definition) is 2. The number of amides is 1. The number of carbonyl (C=O) groups is 1. The molecule has 0 spiro atoms. The third-order valence-corrected chi connectivity index (χ3v) is 6.38. The second-order valence-electron chi connectivity index (χ2n) is 8.07. The van der Waals surface area contributed by atoms with E-state index >= 15 is 0 Å². The van der Waals surface area contributed by atoms with E-state index < -0.39 is 6.10 Å². The minimum atomic E-state index is -1.03. The summed E-state index contributed by atoms with van der Waals surface area (Å²) in [5.41, 5.74) is 5.44. The fraction of sp³-hybridized carbons (Fsp3) is 0.179. The van der Waals surface area contributed by atoms with Gasteiger partial charge in [-0.15, -0.1) is 0 Å². The predicted molar refractivity (Wildman–Crippen MR) is 144 cm³/mol. The molecule has 0 aliphatic heterocycles. The lowest BCUT2D eigenvalue weighted by Gasteiger charge is -2.19. The molecule has 0 saturated carbocycles. The molecule has 6 heteroatoms. The zero-order chi connectivity index (χ0) is 24.1. The maximum Gasteiger partial charge on any atom is 0.229 e. The molecule has 1 heterocycles. The van der Waals surface area contributed by atoms with E-state index in [0.717, 1.165) is 26.7 Å². The first-order valence-electron chi connectivity index (χ1n) is 11.2. The van der Waals surface area contributed by atoms with Crippen LogP contribution in [0.3, 0.4) is 0 Å². The second kappa shape index (κ2) is 10.9. The van der Waals surface area contributed by atoms with Crippen molar-refractivity contribution in [2.75, 3.05) is 5.32 Å². The molecule has 0 bridgehead atoms. The van der Waals surface area contributed by atoms with Crippen LogP contribution < -0.4 is 5.32 Å². The van der Waals surface area contributed by atoms with E-state index in [1.165, 1.54) is 0 Å². The van der Waals surface area contributed by atoms with Crippen LogP contribution in [0.4, 0.5) is 5.82 Å². The minimum Gasteiger partial charge on any atom is -0.382 e. The topological polar surface area (TPSA) is 75.1 Å². The van der Waals surface area contributed by atoms with Crippen molar-refractivity contribution in [2.45, 2.75) is 32.8 Å². The molecule has 4 aromatic rings. The molecular weight excluding hydrogens is 537 g/mol. The molecule has 2 N–H and O–H groups in total. The zero-order valence-corrected chi connectivity index (χ0v) is 21.3. The number of rotatable bonds is 7. The average molecular weight is 563 g/mol. The van der Waals surface area contributed by atoms with E-state index in [2.05, 4.69) is 40.9 Å². The Morgan fingerprint density at radius 2 is 1.65 bits per heavy atom. The van der Waals surface area contributed by atoms with Crippen LogP contribution in [0.1, 0.15) is 41.1 Å². The first-order valence-corrected chi connectivity index (χ1v) is 12.3. The highest BCUT2D eigenvalue weighted by Crippen LogP contribution is 2.31. The monoisotopic (exact) mass is 563 g/mol. The summed E-state index contributed by atoms with van der Waals surface area (Å²) in [6.07, 6.45) is 0.0249. The summed E-state index contributed by atoms with van der Waals surface area (Å²) in [5, 5.41) is 14.1. The molecule has 1 unspecified atom stereocenters. The first-order chi connectivity index (χ1) is 16.5. The van der Waals surface area contributed by atoms with Gasteiger partial charge in [-0.05, 0) is 64.8 Å². The lowest BCUT2D eigenvalue weighted by molar-refractivity contribution is -0.115. The van der Waals surface area contributed by atoms with Gasteiger partial charge in [0.2, 0.25) is 5.91 Å². The highest BCUT2D eigenvalue weighted by Gasteiger charge is 2.23. The molecule has 172 valence electrons. The van der Waals surface area contributed by atoms with E-state index in [1.54, 1.807) is 0 Å². The number of nitrogens with one attached hydrogen (secondary N) is 1. The number of benzene rings is 3. The number of halogens is 1. The zero-order valence-electron chi connectivity index (χ0n) is 19.1. The van der Waals surface area contributed by atoms with E-state index in [1.807, 2.05) is 79.7 Å². The van der Waals surface area contributed by atoms with Crippen LogP contribution in [0.25, 0.3) is 11.3 Å². The van der Waals surface area contributed by atoms with Gasteiger partial charge in [-0.25, -0.2) is 9.97 Å². The van der Waals surface area contributed by atoms with Gasteiger partial charge in [-0.2, -0.15) is 0 Å². The van der Waals surface area contributed by atoms with Crippen LogP contribution in [-0.4, -0.2) is 21.0 Å². The Hall–Kier alpha value is -3.10. The van der Waals surface area contributed by atoms with Gasteiger partial charge >= 0.3 is 0 Å². The molecule has 4 rings (SSSR count). The lowest BCUT2D eigenvalue weighted by atomic mass is 10.00. The van der Waals surface area contributed by atoms with Crippen LogP contribution >= 0.6 is 22.6 Å². The molecule has 1 atom stereocenters. The summed E-state index contributed by atoms with van der Waals surface area (Å²) in [7, 11) is 0. The Morgan fingerprint density at radius 3 is 2.35 bits per heavy atom. The van der Waals surface area contributed by atoms with Gasteiger partial charge in [0.05, 0.1) is 17.8 Å². The highest BCUT2D eigenvalue weighted by atomic mass is 127. The predicted octanol–water partition coefficient (Wildman–Crippen LogP) is 5.88. The summed E-state index contributed by atoms with van der Waals surface area (Å²) in [6.45, 7) is 3.97. The fourth-order valence-corrected chi connectivity index (χ4v) is 4.25. The Kier molecular flexibility index (Phi) is 7.70. The molecule has 1 amide bonds. The van der Waals surface area contributed by atoms with Crippen molar-refractivity contribution in [3.63, 3.8) is 0 Å². The van der Waals surface area contributed by atoms with Crippen molar-refractivity contribution in [2.24, 2.45) is 0 Å². The fourth-order valence-electron chi connectivity index (χ4n) is 3.89. The van der Waals surface area contributed by atoms with Crippen LogP contribution in [0.2, 0.25) is 0 Å². The number of anilines is 1. The summed E-state index contributed by atoms with van der Waals surface area (Å²) in [4.78, 5) is 22.5. The van der Waals surface area contributed by atoms with Crippen LogP contribution in [0.5, 0.6) is 0 Å². The maximum atomic E-state index is 12.9. The van der Waals surface area contributed by atoms with Crippen LogP contribution in [-0.2, 0) is 17.6 Å². The van der Waals surface area contributed by atoms with Crippen molar-refractivity contribution in [3.8, 4) is 11.3 Å². The number of aromatic nitrogens is 2. The van der Waals surface area contributed by atoms with Gasteiger partial charge in [0.1, 0.15) is 11.8 Å². The van der Waals surface area contributed by atoms with Crippen molar-refractivity contribution < 1.29 is 9.90 Å². The summed E-state index contributed by atoms with van der Waals surface area (Å²) in [5.74, 6) is 0.0697. The van der Waals surface area contributed by atoms with E-state index in [9.17, 15) is 9.90 Å². The van der Waals surface area contributed by atoms with Crippen molar-refractivity contribution in [1.29, 1.82) is 0 Å². The van der Waals surface area contributed by atoms with Gasteiger partial charge in [-0.3, -0.25) is 4.79 Å². The maximum absolute atomic E-state index is 12.9. The number of hydrogen-bond acceptors (Lipinski definition) is 4. The molecular formula is C28H26IN3O2.